The molecule has 0 saturated heterocycles. The summed E-state index contributed by atoms with van der Waals surface area (Å²) >= 11 is 0. The van der Waals surface area contributed by atoms with E-state index in [0.29, 0.717) is 0 Å². The molecule has 0 fully saturated rings. The maximum absolute atomic E-state index is 12.4. The highest BCUT2D eigenvalue weighted by Gasteiger charge is 2.43. The van der Waals surface area contributed by atoms with Gasteiger partial charge in [-0.25, -0.2) is 0 Å². The molecule has 0 saturated carbocycles. The van der Waals surface area contributed by atoms with Crippen molar-refractivity contribution in [3.8, 4) is 0 Å². The molecule has 1 aromatic rings. The van der Waals surface area contributed by atoms with Gasteiger partial charge in [0.25, 0.3) is 0 Å². The average Bonchev–Trinajstić information content (AvgIpc) is 2.41. The van der Waals surface area contributed by atoms with E-state index in [4.69, 9.17) is 0 Å². The Morgan fingerprint density at radius 3 is 2.33 bits per heavy atom. The van der Waals surface area contributed by atoms with Crippen molar-refractivity contribution in [1.82, 2.24) is 9.78 Å². The van der Waals surface area contributed by atoms with Crippen LogP contribution in [-0.2, 0) is 12.7 Å². The van der Waals surface area contributed by atoms with Gasteiger partial charge in [0.15, 0.2) is 0 Å². The first-order valence-corrected chi connectivity index (χ1v) is 4.08. The Morgan fingerprint density at radius 2 is 2.07 bits per heavy atom. The van der Waals surface area contributed by atoms with E-state index in [1.807, 2.05) is 0 Å². The topological polar surface area (TPSA) is 61.0 Å². The van der Waals surface area contributed by atoms with Gasteiger partial charge < -0.3 is 0 Å². The van der Waals surface area contributed by atoms with E-state index in [9.17, 15) is 23.3 Å². The molecule has 0 bridgehead atoms. The van der Waals surface area contributed by atoms with Crippen molar-refractivity contribution in [3.63, 3.8) is 0 Å². The van der Waals surface area contributed by atoms with Crippen LogP contribution in [0.3, 0.4) is 0 Å². The lowest BCUT2D eigenvalue weighted by Gasteiger charge is -2.00. The van der Waals surface area contributed by atoms with Gasteiger partial charge in [0.1, 0.15) is 5.69 Å². The third-order valence-corrected chi connectivity index (χ3v) is 1.93. The third-order valence-electron chi connectivity index (χ3n) is 1.93. The Kier molecular flexibility index (Phi) is 2.69. The molecule has 0 aromatic carbocycles. The first-order chi connectivity index (χ1) is 6.79. The Hall–Kier alpha value is -1.60. The molecule has 5 nitrogen and oxygen atoms in total. The average molecular weight is 223 g/mol. The number of hydrogen-bond acceptors (Lipinski definition) is 3. The quantitative estimate of drug-likeness (QED) is 0.570. The molecule has 0 aliphatic heterocycles. The van der Waals surface area contributed by atoms with Crippen molar-refractivity contribution in [2.24, 2.45) is 0 Å². The second-order valence-electron chi connectivity index (χ2n) is 2.85. The molecule has 0 aliphatic carbocycles. The normalized spacial score (nSPS) is 11.8. The van der Waals surface area contributed by atoms with E-state index in [1.54, 1.807) is 6.92 Å². The summed E-state index contributed by atoms with van der Waals surface area (Å²) in [6.07, 6.45) is -4.80. The van der Waals surface area contributed by atoms with Crippen LogP contribution in [0.15, 0.2) is 0 Å². The van der Waals surface area contributed by atoms with Crippen LogP contribution in [0.4, 0.5) is 18.9 Å². The molecule has 8 heteroatoms. The molecule has 0 atom stereocenters. The van der Waals surface area contributed by atoms with Crippen molar-refractivity contribution in [1.29, 1.82) is 0 Å². The molecule has 0 spiro atoms. The van der Waals surface area contributed by atoms with E-state index in [1.165, 1.54) is 6.92 Å². The Balaban J connectivity index is 3.45. The number of alkyl halides is 3. The highest BCUT2D eigenvalue weighted by atomic mass is 19.4. The fourth-order valence-corrected chi connectivity index (χ4v) is 1.25. The van der Waals surface area contributed by atoms with Crippen LogP contribution in [0.1, 0.15) is 18.3 Å². The third kappa shape index (κ3) is 1.92. The van der Waals surface area contributed by atoms with Crippen LogP contribution in [-0.4, -0.2) is 14.7 Å². The molecule has 15 heavy (non-hydrogen) atoms. The summed E-state index contributed by atoms with van der Waals surface area (Å²) in [5.74, 6) is 0. The minimum atomic E-state index is -4.80. The van der Waals surface area contributed by atoms with Gasteiger partial charge in [-0.1, -0.05) is 0 Å². The predicted molar refractivity (Wildman–Crippen MR) is 44.3 cm³/mol. The summed E-state index contributed by atoms with van der Waals surface area (Å²) in [7, 11) is 0. The van der Waals surface area contributed by atoms with Gasteiger partial charge in [-0.2, -0.15) is 18.3 Å². The van der Waals surface area contributed by atoms with Crippen LogP contribution in [0.25, 0.3) is 0 Å². The lowest BCUT2D eigenvalue weighted by atomic mass is 10.3. The zero-order valence-corrected chi connectivity index (χ0v) is 8.00. The molecule has 0 radical (unpaired) electrons. The fourth-order valence-electron chi connectivity index (χ4n) is 1.25. The predicted octanol–water partition coefficient (Wildman–Crippen LogP) is 2.14. The first kappa shape index (κ1) is 11.5. The number of nitro groups is 1. The SMILES string of the molecule is CCn1nc(C(F)(F)F)c([N+](=O)[O-])c1C. The summed E-state index contributed by atoms with van der Waals surface area (Å²) in [6, 6.07) is 0. The second kappa shape index (κ2) is 3.52. The number of aryl methyl sites for hydroxylation is 1. The lowest BCUT2D eigenvalue weighted by Crippen LogP contribution is -2.09. The molecular weight excluding hydrogens is 215 g/mol. The highest BCUT2D eigenvalue weighted by molar-refractivity contribution is 5.42. The van der Waals surface area contributed by atoms with Crippen LogP contribution in [0, 0.1) is 17.0 Å². The van der Waals surface area contributed by atoms with Crippen molar-refractivity contribution < 1.29 is 18.1 Å². The fraction of sp³-hybridized carbons (Fsp3) is 0.571. The molecule has 0 amide bonds. The summed E-state index contributed by atoms with van der Waals surface area (Å²) in [5, 5.41) is 13.6. The Bertz CT molecular complexity index is 397. The first-order valence-electron chi connectivity index (χ1n) is 4.08. The van der Waals surface area contributed by atoms with Crippen LogP contribution in [0.5, 0.6) is 0 Å². The molecule has 1 heterocycles. The summed E-state index contributed by atoms with van der Waals surface area (Å²) in [5.41, 5.74) is -2.49. The lowest BCUT2D eigenvalue weighted by molar-refractivity contribution is -0.388. The van der Waals surface area contributed by atoms with Gasteiger partial charge in [-0.05, 0) is 13.8 Å². The van der Waals surface area contributed by atoms with Crippen molar-refractivity contribution >= 4 is 5.69 Å². The van der Waals surface area contributed by atoms with Gasteiger partial charge in [-0.3, -0.25) is 14.8 Å². The van der Waals surface area contributed by atoms with E-state index in [-0.39, 0.29) is 12.2 Å². The molecular formula is C7H8F3N3O2. The number of halogens is 3. The maximum atomic E-state index is 12.4. The molecule has 0 aliphatic rings. The van der Waals surface area contributed by atoms with Gasteiger partial charge in [0.05, 0.1) is 4.92 Å². The maximum Gasteiger partial charge on any atom is 0.442 e. The molecule has 1 rings (SSSR count). The van der Waals surface area contributed by atoms with E-state index < -0.39 is 22.5 Å². The number of hydrogen-bond donors (Lipinski definition) is 0. The second-order valence-corrected chi connectivity index (χ2v) is 2.85. The smallest absolute Gasteiger partial charge is 0.262 e. The largest absolute Gasteiger partial charge is 0.442 e. The Morgan fingerprint density at radius 1 is 1.53 bits per heavy atom. The van der Waals surface area contributed by atoms with Crippen molar-refractivity contribution in [2.75, 3.05) is 0 Å². The zero-order chi connectivity index (χ0) is 11.8. The summed E-state index contributed by atoms with van der Waals surface area (Å²) in [4.78, 5) is 9.41. The van der Waals surface area contributed by atoms with Crippen LogP contribution < -0.4 is 0 Å². The molecule has 0 N–H and O–H groups in total. The van der Waals surface area contributed by atoms with Gasteiger partial charge in [0.2, 0.25) is 5.69 Å². The van der Waals surface area contributed by atoms with Gasteiger partial charge >= 0.3 is 11.9 Å². The standard InChI is InChI=1S/C7H8F3N3O2/c1-3-12-4(2)5(13(14)15)6(11-12)7(8,9)10/h3H2,1-2H3. The summed E-state index contributed by atoms with van der Waals surface area (Å²) in [6.45, 7) is 2.95. The van der Waals surface area contributed by atoms with E-state index in [2.05, 4.69) is 5.10 Å². The van der Waals surface area contributed by atoms with E-state index >= 15 is 0 Å². The molecule has 0 unspecified atom stereocenters. The molecule has 84 valence electrons. The molecule has 1 aromatic heterocycles. The zero-order valence-electron chi connectivity index (χ0n) is 8.00. The monoisotopic (exact) mass is 223 g/mol. The van der Waals surface area contributed by atoms with Crippen LogP contribution in [0.2, 0.25) is 0 Å². The van der Waals surface area contributed by atoms with Gasteiger partial charge in [-0.15, -0.1) is 0 Å². The van der Waals surface area contributed by atoms with Gasteiger partial charge in [0, 0.05) is 6.54 Å². The highest BCUT2D eigenvalue weighted by Crippen LogP contribution is 2.36. The van der Waals surface area contributed by atoms with Crippen molar-refractivity contribution in [3.05, 3.63) is 21.5 Å². The Labute approximate surface area is 82.6 Å². The minimum Gasteiger partial charge on any atom is -0.262 e. The number of rotatable bonds is 2. The van der Waals surface area contributed by atoms with Crippen molar-refractivity contribution in [2.45, 2.75) is 26.6 Å². The van der Waals surface area contributed by atoms with Crippen LogP contribution >= 0.6 is 0 Å². The van der Waals surface area contributed by atoms with E-state index in [0.717, 1.165) is 4.68 Å². The minimum absolute atomic E-state index is 0.0881. The number of nitrogens with zero attached hydrogens (tertiary/aromatic N) is 3. The summed E-state index contributed by atoms with van der Waals surface area (Å²) < 4.78 is 38.0. The number of aromatic nitrogens is 2.